The van der Waals surface area contributed by atoms with Gasteiger partial charge < -0.3 is 29.6 Å². The van der Waals surface area contributed by atoms with Gasteiger partial charge in [0.1, 0.15) is 0 Å². The number of allylic oxidation sites excluding steroid dienone is 8. The van der Waals surface area contributed by atoms with Crippen LogP contribution in [0.15, 0.2) is 97.7 Å². The van der Waals surface area contributed by atoms with E-state index in [0.29, 0.717) is 0 Å². The summed E-state index contributed by atoms with van der Waals surface area (Å²) < 4.78 is 0. The van der Waals surface area contributed by atoms with Gasteiger partial charge in [0, 0.05) is 98.7 Å². The largest absolute Gasteiger partial charge is 0.376 e. The Kier molecular flexibility index (Phi) is 8.10. The van der Waals surface area contributed by atoms with Crippen LogP contribution in [-0.2, 0) is 25.7 Å². The molecule has 0 saturated carbocycles. The van der Waals surface area contributed by atoms with Crippen molar-refractivity contribution in [1.29, 1.82) is 0 Å². The molecule has 0 spiro atoms. The van der Waals surface area contributed by atoms with Gasteiger partial charge in [-0.2, -0.15) is 0 Å². The van der Waals surface area contributed by atoms with E-state index in [9.17, 15) is 0 Å². The molecule has 6 aliphatic heterocycles. The zero-order valence-electron chi connectivity index (χ0n) is 30.6. The fraction of sp³-hybridized carbons (Fsp3) is 0.273. The summed E-state index contributed by atoms with van der Waals surface area (Å²) in [5.74, 6) is 0. The van der Waals surface area contributed by atoms with Crippen molar-refractivity contribution in [3.63, 3.8) is 0 Å². The van der Waals surface area contributed by atoms with E-state index in [1.807, 2.05) is 0 Å². The summed E-state index contributed by atoms with van der Waals surface area (Å²) in [6.07, 6.45) is 29.8. The molecule has 6 aliphatic rings. The topological polar surface area (TPSA) is 70.3 Å². The van der Waals surface area contributed by atoms with Crippen molar-refractivity contribution in [2.75, 3.05) is 54.4 Å². The highest BCUT2D eigenvalue weighted by atomic mass is 15.1. The summed E-state index contributed by atoms with van der Waals surface area (Å²) in [6, 6.07) is 9.07. The van der Waals surface area contributed by atoms with Crippen LogP contribution in [0, 0.1) is 0 Å². The van der Waals surface area contributed by atoms with Gasteiger partial charge >= 0.3 is 0 Å². The minimum atomic E-state index is 0.826. The van der Waals surface area contributed by atoms with Gasteiger partial charge in [-0.1, -0.05) is 24.3 Å². The maximum Gasteiger partial charge on any atom is 0.0507 e. The van der Waals surface area contributed by atoms with Gasteiger partial charge in [-0.3, -0.25) is 9.97 Å². The molecule has 0 amide bonds. The SMILES string of the molecule is CN1C=CC=C(c2c3nc(c(C4=CC=CN(C)C4)c4ccc([nH]4)c(C4=CC=CN(C)C4)c4nc(c(C5=CC=CN(C)C5)c5ccc2[nH]5)CC4)CC3)C1. The lowest BCUT2D eigenvalue weighted by molar-refractivity contribution is 0.512. The summed E-state index contributed by atoms with van der Waals surface area (Å²) in [5.41, 5.74) is 18.9. The summed E-state index contributed by atoms with van der Waals surface area (Å²) in [4.78, 5) is 28.1. The Hall–Kier alpha value is -5.76. The Morgan fingerprint density at radius 1 is 0.404 bits per heavy atom. The van der Waals surface area contributed by atoms with Crippen LogP contribution >= 0.6 is 0 Å². The highest BCUT2D eigenvalue weighted by Crippen LogP contribution is 2.36. The highest BCUT2D eigenvalue weighted by Gasteiger charge is 2.25. The number of aromatic nitrogens is 4. The lowest BCUT2D eigenvalue weighted by Crippen LogP contribution is -2.17. The molecular weight excluding hydrogens is 641 g/mol. The van der Waals surface area contributed by atoms with Gasteiger partial charge in [0.15, 0.2) is 0 Å². The van der Waals surface area contributed by atoms with Crippen LogP contribution < -0.4 is 0 Å². The van der Waals surface area contributed by atoms with Crippen LogP contribution in [0.4, 0.5) is 0 Å². The smallest absolute Gasteiger partial charge is 0.0507 e. The molecule has 3 aromatic heterocycles. The van der Waals surface area contributed by atoms with E-state index in [1.54, 1.807) is 0 Å². The highest BCUT2D eigenvalue weighted by molar-refractivity contribution is 5.90. The molecule has 0 aromatic carbocycles. The van der Waals surface area contributed by atoms with Crippen molar-refractivity contribution < 1.29 is 0 Å². The Labute approximate surface area is 305 Å². The van der Waals surface area contributed by atoms with Crippen LogP contribution in [0.3, 0.4) is 0 Å². The molecule has 0 radical (unpaired) electrons. The lowest BCUT2D eigenvalue weighted by Gasteiger charge is -2.21. The molecule has 0 fully saturated rings. The van der Waals surface area contributed by atoms with Crippen LogP contribution in [0.2, 0.25) is 0 Å². The van der Waals surface area contributed by atoms with Gasteiger partial charge in [-0.25, -0.2) is 0 Å². The normalized spacial score (nSPS) is 18.5. The Balaban J connectivity index is 1.42. The van der Waals surface area contributed by atoms with E-state index < -0.39 is 0 Å². The number of aryl methyl sites for hydroxylation is 4. The minimum absolute atomic E-state index is 0.826. The molecule has 52 heavy (non-hydrogen) atoms. The number of nitrogens with one attached hydrogen (secondary N) is 2. The number of nitrogens with zero attached hydrogens (tertiary/aromatic N) is 6. The van der Waals surface area contributed by atoms with Gasteiger partial charge in [0.05, 0.1) is 22.8 Å². The molecule has 3 aromatic rings. The van der Waals surface area contributed by atoms with Crippen LogP contribution in [-0.4, -0.2) is 93.9 Å². The second kappa shape index (κ2) is 13.1. The predicted octanol–water partition coefficient (Wildman–Crippen LogP) is 7.26. The second-order valence-electron chi connectivity index (χ2n) is 14.9. The van der Waals surface area contributed by atoms with Crippen LogP contribution in [0.25, 0.3) is 44.4 Å². The van der Waals surface area contributed by atoms with E-state index in [-0.39, 0.29) is 0 Å². The third-order valence-corrected chi connectivity index (χ3v) is 10.9. The maximum atomic E-state index is 5.58. The number of H-pyrrole nitrogens is 2. The van der Waals surface area contributed by atoms with Crippen LogP contribution in [0.1, 0.15) is 45.0 Å². The number of likely N-dealkylation sites (N-methyl/N-ethyl adjacent to an activating group) is 4. The molecule has 8 nitrogen and oxygen atoms in total. The first-order valence-corrected chi connectivity index (χ1v) is 18.5. The predicted molar refractivity (Wildman–Crippen MR) is 215 cm³/mol. The molecule has 8 bridgehead atoms. The number of hydrogen-bond acceptors (Lipinski definition) is 6. The molecule has 2 N–H and O–H groups in total. The van der Waals surface area contributed by atoms with Crippen molar-refractivity contribution in [3.8, 4) is 0 Å². The Morgan fingerprint density at radius 3 is 0.885 bits per heavy atom. The summed E-state index contributed by atoms with van der Waals surface area (Å²) in [7, 11) is 8.57. The quantitative estimate of drug-likeness (QED) is 0.301. The first-order chi connectivity index (χ1) is 25.4. The van der Waals surface area contributed by atoms with Crippen LogP contribution in [0.5, 0.6) is 0 Å². The van der Waals surface area contributed by atoms with E-state index in [1.165, 1.54) is 44.5 Å². The number of hydrogen-bond donors (Lipinski definition) is 2. The van der Waals surface area contributed by atoms with Gasteiger partial charge in [-0.15, -0.1) is 0 Å². The zero-order chi connectivity index (χ0) is 35.3. The van der Waals surface area contributed by atoms with Gasteiger partial charge in [0.2, 0.25) is 0 Å². The fourth-order valence-electron chi connectivity index (χ4n) is 8.55. The molecule has 9 heterocycles. The average Bonchev–Trinajstić information content (AvgIpc) is 3.96. The third kappa shape index (κ3) is 5.92. The molecular formula is C44H46N8. The average molecular weight is 687 g/mol. The minimum Gasteiger partial charge on any atom is -0.376 e. The molecule has 0 saturated heterocycles. The first-order valence-electron chi connectivity index (χ1n) is 18.5. The maximum absolute atomic E-state index is 5.58. The third-order valence-electron chi connectivity index (χ3n) is 10.9. The van der Waals surface area contributed by atoms with E-state index in [2.05, 4.69) is 155 Å². The monoisotopic (exact) mass is 686 g/mol. The molecule has 9 rings (SSSR count). The fourth-order valence-corrected chi connectivity index (χ4v) is 8.55. The molecule has 0 atom stereocenters. The summed E-state index contributed by atoms with van der Waals surface area (Å²) in [6.45, 7) is 3.31. The van der Waals surface area contributed by atoms with Crippen molar-refractivity contribution in [3.05, 3.63) is 143 Å². The Morgan fingerprint density at radius 2 is 0.654 bits per heavy atom. The summed E-state index contributed by atoms with van der Waals surface area (Å²) >= 11 is 0. The van der Waals surface area contributed by atoms with E-state index in [4.69, 9.17) is 9.97 Å². The van der Waals surface area contributed by atoms with Crippen molar-refractivity contribution in [2.24, 2.45) is 0 Å². The van der Waals surface area contributed by atoms with Crippen molar-refractivity contribution >= 4 is 44.4 Å². The number of fused-ring (bicyclic) bond motifs is 8. The van der Waals surface area contributed by atoms with E-state index >= 15 is 0 Å². The van der Waals surface area contributed by atoms with Crippen molar-refractivity contribution in [2.45, 2.75) is 25.7 Å². The van der Waals surface area contributed by atoms with Gasteiger partial charge in [0.25, 0.3) is 0 Å². The Bertz CT molecular complexity index is 2060. The first kappa shape index (κ1) is 32.2. The number of aromatic amines is 2. The van der Waals surface area contributed by atoms with E-state index in [0.717, 1.165) is 96.7 Å². The zero-order valence-corrected chi connectivity index (χ0v) is 30.6. The molecule has 0 unspecified atom stereocenters. The summed E-state index contributed by atoms with van der Waals surface area (Å²) in [5, 5.41) is 0. The van der Waals surface area contributed by atoms with Gasteiger partial charge in [-0.05, 0) is 121 Å². The molecule has 0 aliphatic carbocycles. The second-order valence-corrected chi connectivity index (χ2v) is 14.9. The molecule has 8 heteroatoms. The molecule has 262 valence electrons. The standard InChI is InChI=1S/C44H46N8/c1-49-21-5-9-29(25-49)41-33-13-15-35(45-33)42(30-10-6-22-50(2)26-30)37-17-19-39(47-37)44(32-12-8-24-52(4)28-32)40-20-18-38(48-40)43(36-16-14-34(41)46-36)31-11-7-23-51(3)27-31/h5-13,15,18,20-24,45,48H,14,16-17,19,25-28H2,1-4H3. The number of rotatable bonds is 4. The lowest BCUT2D eigenvalue weighted by atomic mass is 9.98. The van der Waals surface area contributed by atoms with Crippen molar-refractivity contribution in [1.82, 2.24) is 39.5 Å².